The summed E-state index contributed by atoms with van der Waals surface area (Å²) in [7, 11) is -5.96. The van der Waals surface area contributed by atoms with Gasteiger partial charge in [-0.25, -0.2) is 21.2 Å². The van der Waals surface area contributed by atoms with E-state index < -0.39 is 42.5 Å². The van der Waals surface area contributed by atoms with Gasteiger partial charge in [-0.05, 0) is 36.8 Å². The molecule has 3 rings (SSSR count). The molecule has 0 aromatic heterocycles. The molecule has 6 nitrogen and oxygen atoms in total. The second kappa shape index (κ2) is 7.81. The minimum Gasteiger partial charge on any atom is -0.496 e. The maximum absolute atomic E-state index is 13.8. The lowest BCUT2D eigenvalue weighted by molar-refractivity contribution is 0.411. The summed E-state index contributed by atoms with van der Waals surface area (Å²) in [6, 6.07) is 9.72. The number of ether oxygens (including phenoxy) is 1. The Hall–Kier alpha value is -1.97. The van der Waals surface area contributed by atoms with Crippen LogP contribution in [0.25, 0.3) is 0 Å². The summed E-state index contributed by atoms with van der Waals surface area (Å²) >= 11 is 0. The van der Waals surface area contributed by atoms with Crippen LogP contribution in [0.5, 0.6) is 5.75 Å². The molecular weight excluding hydrogens is 405 g/mol. The van der Waals surface area contributed by atoms with Crippen LogP contribution in [0.2, 0.25) is 0 Å². The lowest BCUT2D eigenvalue weighted by atomic mass is 10.2. The number of halogens is 1. The van der Waals surface area contributed by atoms with Gasteiger partial charge in [0.25, 0.3) is 0 Å². The predicted molar refractivity (Wildman–Crippen MR) is 104 cm³/mol. The molecule has 1 N–H and O–H groups in total. The van der Waals surface area contributed by atoms with Gasteiger partial charge < -0.3 is 10.1 Å². The van der Waals surface area contributed by atoms with Crippen LogP contribution in [0.1, 0.15) is 11.1 Å². The maximum atomic E-state index is 13.8. The summed E-state index contributed by atoms with van der Waals surface area (Å²) in [5, 5.41) is 1.79. The molecule has 1 fully saturated rings. The van der Waals surface area contributed by atoms with E-state index in [1.54, 1.807) is 31.2 Å². The van der Waals surface area contributed by atoms with E-state index in [9.17, 15) is 21.2 Å². The van der Waals surface area contributed by atoms with E-state index in [1.807, 2.05) is 0 Å². The molecule has 2 atom stereocenters. The Balaban J connectivity index is 1.89. The van der Waals surface area contributed by atoms with Gasteiger partial charge in [-0.2, -0.15) is 0 Å². The molecule has 1 saturated heterocycles. The number of nitrogens with one attached hydrogen (secondary N) is 1. The predicted octanol–water partition coefficient (Wildman–Crippen LogP) is 1.87. The van der Waals surface area contributed by atoms with Crippen LogP contribution in [0.3, 0.4) is 0 Å². The molecule has 2 aromatic rings. The van der Waals surface area contributed by atoms with E-state index in [-0.39, 0.29) is 17.2 Å². The van der Waals surface area contributed by atoms with Crippen molar-refractivity contribution in [2.45, 2.75) is 29.7 Å². The van der Waals surface area contributed by atoms with Crippen molar-refractivity contribution >= 4 is 19.7 Å². The first-order chi connectivity index (χ1) is 13.1. The van der Waals surface area contributed by atoms with Crippen molar-refractivity contribution in [3.8, 4) is 5.75 Å². The zero-order chi connectivity index (χ0) is 20.5. The van der Waals surface area contributed by atoms with Gasteiger partial charge in [-0.15, -0.1) is 0 Å². The highest BCUT2D eigenvalue weighted by Crippen LogP contribution is 2.29. The van der Waals surface area contributed by atoms with Crippen molar-refractivity contribution in [1.29, 1.82) is 0 Å². The molecule has 28 heavy (non-hydrogen) atoms. The molecular formula is C19H22FNO5S2. The number of aryl methyl sites for hydroxylation is 1. The molecule has 1 aliphatic rings. The van der Waals surface area contributed by atoms with Crippen molar-refractivity contribution in [2.24, 2.45) is 0 Å². The molecule has 152 valence electrons. The van der Waals surface area contributed by atoms with Crippen LogP contribution in [0.4, 0.5) is 4.39 Å². The van der Waals surface area contributed by atoms with Gasteiger partial charge in [-0.1, -0.05) is 18.2 Å². The number of hydrogen-bond acceptors (Lipinski definition) is 6. The summed E-state index contributed by atoms with van der Waals surface area (Å²) in [6.07, 6.45) is 0. The van der Waals surface area contributed by atoms with Gasteiger partial charge >= 0.3 is 0 Å². The molecule has 0 spiro atoms. The van der Waals surface area contributed by atoms with E-state index in [0.717, 1.165) is 0 Å². The Morgan fingerprint density at radius 1 is 1.18 bits per heavy atom. The average molecular weight is 428 g/mol. The number of sulfone groups is 2. The van der Waals surface area contributed by atoms with Crippen LogP contribution in [-0.2, 0) is 26.2 Å². The molecule has 0 amide bonds. The van der Waals surface area contributed by atoms with Crippen molar-refractivity contribution in [3.63, 3.8) is 0 Å². The lowest BCUT2D eigenvalue weighted by Gasteiger charge is -2.20. The van der Waals surface area contributed by atoms with Crippen LogP contribution >= 0.6 is 0 Å². The summed E-state index contributed by atoms with van der Waals surface area (Å²) in [5.41, 5.74) is 0.989. The van der Waals surface area contributed by atoms with E-state index in [0.29, 0.717) is 16.9 Å². The molecule has 0 unspecified atom stereocenters. The first-order valence-electron chi connectivity index (χ1n) is 8.70. The Morgan fingerprint density at radius 2 is 1.89 bits per heavy atom. The minimum atomic E-state index is -3.91. The monoisotopic (exact) mass is 427 g/mol. The molecule has 1 aliphatic heterocycles. The first-order valence-corrected chi connectivity index (χ1v) is 12.1. The van der Waals surface area contributed by atoms with Gasteiger partial charge in [0.1, 0.15) is 11.6 Å². The van der Waals surface area contributed by atoms with Crippen LogP contribution in [0, 0.1) is 12.7 Å². The van der Waals surface area contributed by atoms with Crippen molar-refractivity contribution in [3.05, 3.63) is 59.4 Å². The average Bonchev–Trinajstić information content (AvgIpc) is 2.96. The number of methoxy groups -OCH3 is 1. The fraction of sp³-hybridized carbons (Fsp3) is 0.368. The summed E-state index contributed by atoms with van der Waals surface area (Å²) < 4.78 is 69.6. The van der Waals surface area contributed by atoms with Crippen molar-refractivity contribution in [1.82, 2.24) is 5.32 Å². The SMILES string of the molecule is COc1ccc(S(=O)(=O)[C@H]2CS(=O)(=O)C[C@@H]2NCc2ccccc2F)cc1C. The Kier molecular flexibility index (Phi) is 5.79. The molecule has 0 aliphatic carbocycles. The first kappa shape index (κ1) is 20.8. The second-order valence-electron chi connectivity index (χ2n) is 6.87. The quantitative estimate of drug-likeness (QED) is 0.757. The minimum absolute atomic E-state index is 0.0422. The molecule has 0 radical (unpaired) electrons. The van der Waals surface area contributed by atoms with Crippen molar-refractivity contribution < 1.29 is 26.0 Å². The third-order valence-electron chi connectivity index (χ3n) is 4.91. The zero-order valence-corrected chi connectivity index (χ0v) is 17.2. The van der Waals surface area contributed by atoms with Crippen LogP contribution < -0.4 is 10.1 Å². The molecule has 0 bridgehead atoms. The summed E-state index contributed by atoms with van der Waals surface area (Å²) in [6.45, 7) is 1.76. The van der Waals surface area contributed by atoms with Crippen LogP contribution in [0.15, 0.2) is 47.4 Å². The van der Waals surface area contributed by atoms with Crippen LogP contribution in [-0.4, -0.2) is 46.7 Å². The van der Waals surface area contributed by atoms with E-state index in [1.165, 1.54) is 25.3 Å². The number of rotatable bonds is 6. The van der Waals surface area contributed by atoms with E-state index in [4.69, 9.17) is 4.74 Å². The van der Waals surface area contributed by atoms with Gasteiger partial charge in [0, 0.05) is 18.2 Å². The normalized spacial score (nSPS) is 21.5. The van der Waals surface area contributed by atoms with Gasteiger partial charge in [0.05, 0.1) is 28.8 Å². The standard InChI is InChI=1S/C19H22FNO5S2/c1-13-9-15(7-8-18(13)26-2)28(24,25)19-12-27(22,23)11-17(19)21-10-14-5-3-4-6-16(14)20/h3-9,17,19,21H,10-12H2,1-2H3/t17-,19-/m0/s1. The molecule has 2 aromatic carbocycles. The zero-order valence-electron chi connectivity index (χ0n) is 15.6. The third-order valence-corrected chi connectivity index (χ3v) is 9.05. The second-order valence-corrected chi connectivity index (χ2v) is 11.2. The lowest BCUT2D eigenvalue weighted by Crippen LogP contribution is -2.43. The summed E-state index contributed by atoms with van der Waals surface area (Å²) in [5.74, 6) is -0.649. The molecule has 1 heterocycles. The van der Waals surface area contributed by atoms with Gasteiger partial charge in [0.2, 0.25) is 0 Å². The summed E-state index contributed by atoms with van der Waals surface area (Å²) in [4.78, 5) is 0.0468. The van der Waals surface area contributed by atoms with E-state index >= 15 is 0 Å². The Morgan fingerprint density at radius 3 is 2.54 bits per heavy atom. The smallest absolute Gasteiger partial charge is 0.183 e. The largest absolute Gasteiger partial charge is 0.496 e. The fourth-order valence-electron chi connectivity index (χ4n) is 3.40. The topological polar surface area (TPSA) is 89.5 Å². The maximum Gasteiger partial charge on any atom is 0.183 e. The van der Waals surface area contributed by atoms with Gasteiger partial charge in [-0.3, -0.25) is 0 Å². The Bertz CT molecular complexity index is 1080. The molecule has 0 saturated carbocycles. The highest BCUT2D eigenvalue weighted by atomic mass is 32.2. The van der Waals surface area contributed by atoms with Crippen molar-refractivity contribution in [2.75, 3.05) is 18.6 Å². The van der Waals surface area contributed by atoms with Gasteiger partial charge in [0.15, 0.2) is 19.7 Å². The molecule has 9 heteroatoms. The number of benzene rings is 2. The highest BCUT2D eigenvalue weighted by Gasteiger charge is 2.45. The Labute approximate surface area is 164 Å². The van der Waals surface area contributed by atoms with E-state index in [2.05, 4.69) is 5.32 Å². The third kappa shape index (κ3) is 4.21. The fourth-order valence-corrected chi connectivity index (χ4v) is 8.20. The highest BCUT2D eigenvalue weighted by molar-refractivity contribution is 7.96. The number of hydrogen-bond donors (Lipinski definition) is 1.